The van der Waals surface area contributed by atoms with E-state index in [-0.39, 0.29) is 5.69 Å². The molecule has 0 fully saturated rings. The van der Waals surface area contributed by atoms with Crippen molar-refractivity contribution in [2.45, 2.75) is 20.8 Å². The number of anilines is 1. The van der Waals surface area contributed by atoms with Gasteiger partial charge in [0.1, 0.15) is 5.82 Å². The second kappa shape index (κ2) is 6.18. The van der Waals surface area contributed by atoms with Crippen LogP contribution in [0.1, 0.15) is 31.3 Å². The van der Waals surface area contributed by atoms with Crippen molar-refractivity contribution in [2.75, 3.05) is 19.0 Å². The standard InChI is InChI=1S/C12H19N3O2/c1-8(2)9(3)5-14-11-7-13-6-10(15-11)12(16)17-4/h6-9H,5H2,1-4H3,(H,14,15). The van der Waals surface area contributed by atoms with Crippen LogP contribution in [0.15, 0.2) is 12.4 Å². The zero-order valence-electron chi connectivity index (χ0n) is 10.7. The summed E-state index contributed by atoms with van der Waals surface area (Å²) in [6.07, 6.45) is 2.99. The van der Waals surface area contributed by atoms with Crippen molar-refractivity contribution >= 4 is 11.8 Å². The largest absolute Gasteiger partial charge is 0.464 e. The minimum absolute atomic E-state index is 0.217. The van der Waals surface area contributed by atoms with E-state index < -0.39 is 5.97 Å². The molecule has 0 spiro atoms. The van der Waals surface area contributed by atoms with Crippen molar-refractivity contribution in [2.24, 2.45) is 11.8 Å². The average molecular weight is 237 g/mol. The maximum absolute atomic E-state index is 11.3. The molecule has 1 aromatic rings. The molecule has 0 radical (unpaired) electrons. The lowest BCUT2D eigenvalue weighted by Crippen LogP contribution is -2.17. The first-order valence-electron chi connectivity index (χ1n) is 5.68. The van der Waals surface area contributed by atoms with Crippen LogP contribution in [0, 0.1) is 11.8 Å². The molecule has 0 bridgehead atoms. The Balaban J connectivity index is 2.63. The molecular weight excluding hydrogens is 218 g/mol. The van der Waals surface area contributed by atoms with Crippen molar-refractivity contribution in [3.05, 3.63) is 18.1 Å². The third-order valence-electron chi connectivity index (χ3n) is 2.77. The fraction of sp³-hybridized carbons (Fsp3) is 0.583. The van der Waals surface area contributed by atoms with E-state index in [1.807, 2.05) is 0 Å². The van der Waals surface area contributed by atoms with Gasteiger partial charge in [0.25, 0.3) is 0 Å². The van der Waals surface area contributed by atoms with Crippen LogP contribution in [-0.2, 0) is 4.74 Å². The van der Waals surface area contributed by atoms with E-state index >= 15 is 0 Å². The van der Waals surface area contributed by atoms with Crippen molar-refractivity contribution in [1.29, 1.82) is 0 Å². The van der Waals surface area contributed by atoms with E-state index in [1.54, 1.807) is 6.20 Å². The van der Waals surface area contributed by atoms with Crippen molar-refractivity contribution < 1.29 is 9.53 Å². The molecule has 1 N–H and O–H groups in total. The SMILES string of the molecule is COC(=O)c1cncc(NCC(C)C(C)C)n1. The Bertz CT molecular complexity index is 380. The number of nitrogens with zero attached hydrogens (tertiary/aromatic N) is 2. The topological polar surface area (TPSA) is 64.1 Å². The lowest BCUT2D eigenvalue weighted by Gasteiger charge is -2.16. The molecule has 0 aliphatic rings. The number of carbonyl (C=O) groups excluding carboxylic acids is 1. The Labute approximate surface area is 102 Å². The molecule has 0 saturated heterocycles. The highest BCUT2D eigenvalue weighted by Gasteiger charge is 2.10. The molecule has 0 aliphatic carbocycles. The summed E-state index contributed by atoms with van der Waals surface area (Å²) in [4.78, 5) is 19.3. The maximum Gasteiger partial charge on any atom is 0.358 e. The Kier molecular flexibility index (Phi) is 4.87. The molecule has 1 heterocycles. The highest BCUT2D eigenvalue weighted by Crippen LogP contribution is 2.11. The summed E-state index contributed by atoms with van der Waals surface area (Å²) >= 11 is 0. The van der Waals surface area contributed by atoms with Crippen molar-refractivity contribution in [1.82, 2.24) is 9.97 Å². The molecule has 0 saturated carbocycles. The average Bonchev–Trinajstić information content (AvgIpc) is 2.35. The maximum atomic E-state index is 11.3. The van der Waals surface area contributed by atoms with Crippen LogP contribution in [-0.4, -0.2) is 29.6 Å². The Morgan fingerprint density at radius 2 is 2.12 bits per heavy atom. The third kappa shape index (κ3) is 4.01. The van der Waals surface area contributed by atoms with Gasteiger partial charge in [-0.1, -0.05) is 20.8 Å². The van der Waals surface area contributed by atoms with Gasteiger partial charge in [-0.3, -0.25) is 4.98 Å². The van der Waals surface area contributed by atoms with Crippen molar-refractivity contribution in [3.8, 4) is 0 Å². The van der Waals surface area contributed by atoms with Crippen LogP contribution in [0.2, 0.25) is 0 Å². The van der Waals surface area contributed by atoms with Gasteiger partial charge in [-0.2, -0.15) is 0 Å². The predicted molar refractivity (Wildman–Crippen MR) is 65.9 cm³/mol. The van der Waals surface area contributed by atoms with E-state index in [4.69, 9.17) is 0 Å². The van der Waals surface area contributed by atoms with Crippen LogP contribution in [0.4, 0.5) is 5.82 Å². The molecule has 0 aliphatic heterocycles. The highest BCUT2D eigenvalue weighted by atomic mass is 16.5. The molecule has 0 amide bonds. The molecule has 1 rings (SSSR count). The Morgan fingerprint density at radius 1 is 1.41 bits per heavy atom. The monoisotopic (exact) mass is 237 g/mol. The number of carbonyl (C=O) groups is 1. The first-order chi connectivity index (χ1) is 8.04. The summed E-state index contributed by atoms with van der Waals surface area (Å²) in [5, 5.41) is 3.16. The lowest BCUT2D eigenvalue weighted by atomic mass is 9.98. The fourth-order valence-electron chi connectivity index (χ4n) is 1.16. The van der Waals surface area contributed by atoms with Gasteiger partial charge >= 0.3 is 5.97 Å². The van der Waals surface area contributed by atoms with Gasteiger partial charge in [0.2, 0.25) is 0 Å². The summed E-state index contributed by atoms with van der Waals surface area (Å²) in [6.45, 7) is 7.30. The minimum atomic E-state index is -0.474. The molecule has 0 aromatic carbocycles. The molecule has 94 valence electrons. The van der Waals surface area contributed by atoms with E-state index in [2.05, 4.69) is 40.8 Å². The number of aromatic nitrogens is 2. The zero-order valence-corrected chi connectivity index (χ0v) is 10.7. The summed E-state index contributed by atoms with van der Waals surface area (Å²) in [7, 11) is 1.32. The van der Waals surface area contributed by atoms with E-state index in [0.717, 1.165) is 6.54 Å². The minimum Gasteiger partial charge on any atom is -0.464 e. The number of ether oxygens (including phenoxy) is 1. The molecule has 5 nitrogen and oxygen atoms in total. The molecule has 1 aromatic heterocycles. The van der Waals surface area contributed by atoms with Crippen LogP contribution in [0.5, 0.6) is 0 Å². The normalized spacial score (nSPS) is 12.3. The van der Waals surface area contributed by atoms with Gasteiger partial charge in [-0.15, -0.1) is 0 Å². The van der Waals surface area contributed by atoms with Crippen molar-refractivity contribution in [3.63, 3.8) is 0 Å². The number of methoxy groups -OCH3 is 1. The number of hydrogen-bond acceptors (Lipinski definition) is 5. The molecular formula is C12H19N3O2. The first-order valence-corrected chi connectivity index (χ1v) is 5.68. The zero-order chi connectivity index (χ0) is 12.8. The van der Waals surface area contributed by atoms with Gasteiger partial charge in [-0.25, -0.2) is 9.78 Å². The first kappa shape index (κ1) is 13.4. The summed E-state index contributed by atoms with van der Waals surface area (Å²) in [5.41, 5.74) is 0.217. The van der Waals surface area contributed by atoms with Crippen LogP contribution < -0.4 is 5.32 Å². The molecule has 17 heavy (non-hydrogen) atoms. The van der Waals surface area contributed by atoms with Gasteiger partial charge < -0.3 is 10.1 Å². The van der Waals surface area contributed by atoms with Crippen LogP contribution >= 0.6 is 0 Å². The number of hydrogen-bond donors (Lipinski definition) is 1. The quantitative estimate of drug-likeness (QED) is 0.793. The van der Waals surface area contributed by atoms with E-state index in [9.17, 15) is 4.79 Å². The highest BCUT2D eigenvalue weighted by molar-refractivity contribution is 5.87. The summed E-state index contributed by atoms with van der Waals surface area (Å²) < 4.78 is 4.59. The van der Waals surface area contributed by atoms with E-state index in [1.165, 1.54) is 13.3 Å². The van der Waals surface area contributed by atoms with Gasteiger partial charge in [0.15, 0.2) is 5.69 Å². The predicted octanol–water partition coefficient (Wildman–Crippen LogP) is 1.97. The van der Waals surface area contributed by atoms with Gasteiger partial charge in [0.05, 0.1) is 19.5 Å². The molecule has 5 heteroatoms. The molecule has 1 unspecified atom stereocenters. The van der Waals surface area contributed by atoms with Gasteiger partial charge in [-0.05, 0) is 11.8 Å². The number of rotatable bonds is 5. The van der Waals surface area contributed by atoms with E-state index in [0.29, 0.717) is 17.7 Å². The van der Waals surface area contributed by atoms with Crippen LogP contribution in [0.3, 0.4) is 0 Å². The molecule has 1 atom stereocenters. The fourth-order valence-corrected chi connectivity index (χ4v) is 1.16. The third-order valence-corrected chi connectivity index (χ3v) is 2.77. The number of nitrogens with one attached hydrogen (secondary N) is 1. The second-order valence-electron chi connectivity index (χ2n) is 4.38. The second-order valence-corrected chi connectivity index (χ2v) is 4.38. The lowest BCUT2D eigenvalue weighted by molar-refractivity contribution is 0.0593. The smallest absolute Gasteiger partial charge is 0.358 e. The van der Waals surface area contributed by atoms with Gasteiger partial charge in [0, 0.05) is 6.54 Å². The Hall–Kier alpha value is -1.65. The summed E-state index contributed by atoms with van der Waals surface area (Å²) in [6, 6.07) is 0. The summed E-state index contributed by atoms with van der Waals surface area (Å²) in [5.74, 6) is 1.25. The number of esters is 1. The van der Waals surface area contributed by atoms with Crippen LogP contribution in [0.25, 0.3) is 0 Å². The Morgan fingerprint density at radius 3 is 2.71 bits per heavy atom.